The first-order valence-electron chi connectivity index (χ1n) is 5.18. The van der Waals surface area contributed by atoms with Gasteiger partial charge < -0.3 is 5.32 Å². The van der Waals surface area contributed by atoms with E-state index in [4.69, 9.17) is 0 Å². The fourth-order valence-corrected chi connectivity index (χ4v) is 2.00. The van der Waals surface area contributed by atoms with Crippen LogP contribution >= 0.6 is 11.8 Å². The fraction of sp³-hybridized carbons (Fsp3) is 0.167. The molecule has 0 unspecified atom stereocenters. The minimum atomic E-state index is -0.128. The molecule has 0 bridgehead atoms. The number of anilines is 1. The molecule has 1 amide bonds. The van der Waals surface area contributed by atoms with Crippen molar-refractivity contribution in [3.63, 3.8) is 0 Å². The highest BCUT2D eigenvalue weighted by molar-refractivity contribution is 7.97. The number of rotatable bonds is 4. The topological polar surface area (TPSA) is 57.8 Å². The summed E-state index contributed by atoms with van der Waals surface area (Å²) in [4.78, 5) is 11.9. The zero-order chi connectivity index (χ0) is 12.1. The van der Waals surface area contributed by atoms with E-state index >= 15 is 0 Å². The standard InChI is InChI=1S/C12H13N3OS/c1-17-8-9-3-2-4-10(7-9)12(16)14-11-5-6-13-15-11/h2-7H,8H2,1H3,(H2,13,14,15,16). The van der Waals surface area contributed by atoms with E-state index in [0.29, 0.717) is 11.4 Å². The molecule has 1 heterocycles. The van der Waals surface area contributed by atoms with E-state index in [1.807, 2.05) is 24.5 Å². The van der Waals surface area contributed by atoms with Gasteiger partial charge in [0.15, 0.2) is 0 Å². The van der Waals surface area contributed by atoms with Crippen LogP contribution in [0.2, 0.25) is 0 Å². The molecule has 2 aromatic rings. The summed E-state index contributed by atoms with van der Waals surface area (Å²) in [5.74, 6) is 1.38. The number of aromatic amines is 1. The summed E-state index contributed by atoms with van der Waals surface area (Å²) < 4.78 is 0. The number of carbonyl (C=O) groups excluding carboxylic acids is 1. The van der Waals surface area contributed by atoms with Crippen LogP contribution in [0, 0.1) is 0 Å². The Hall–Kier alpha value is -1.75. The van der Waals surface area contributed by atoms with Gasteiger partial charge >= 0.3 is 0 Å². The van der Waals surface area contributed by atoms with Crippen LogP contribution in [-0.4, -0.2) is 22.4 Å². The molecule has 0 atom stereocenters. The van der Waals surface area contributed by atoms with Gasteiger partial charge in [-0.15, -0.1) is 0 Å². The molecule has 1 aromatic carbocycles. The average molecular weight is 247 g/mol. The molecule has 0 fully saturated rings. The molecule has 4 nitrogen and oxygen atoms in total. The number of benzene rings is 1. The second-order valence-electron chi connectivity index (χ2n) is 3.56. The van der Waals surface area contributed by atoms with Gasteiger partial charge in [-0.05, 0) is 24.0 Å². The Morgan fingerprint density at radius 3 is 3.06 bits per heavy atom. The lowest BCUT2D eigenvalue weighted by atomic mass is 10.1. The zero-order valence-corrected chi connectivity index (χ0v) is 10.3. The van der Waals surface area contributed by atoms with Crippen molar-refractivity contribution in [2.24, 2.45) is 0 Å². The minimum absolute atomic E-state index is 0.128. The third-order valence-corrected chi connectivity index (χ3v) is 2.87. The molecule has 0 spiro atoms. The first-order valence-corrected chi connectivity index (χ1v) is 6.57. The van der Waals surface area contributed by atoms with Crippen molar-refractivity contribution in [2.75, 3.05) is 11.6 Å². The largest absolute Gasteiger partial charge is 0.307 e. The summed E-state index contributed by atoms with van der Waals surface area (Å²) in [6.07, 6.45) is 3.64. The first-order chi connectivity index (χ1) is 8.29. The molecule has 1 aromatic heterocycles. The molecular formula is C12H13N3OS. The van der Waals surface area contributed by atoms with Crippen molar-refractivity contribution in [3.05, 3.63) is 47.7 Å². The Morgan fingerprint density at radius 1 is 1.47 bits per heavy atom. The van der Waals surface area contributed by atoms with Gasteiger partial charge in [0.25, 0.3) is 5.91 Å². The highest BCUT2D eigenvalue weighted by Gasteiger charge is 2.06. The van der Waals surface area contributed by atoms with E-state index < -0.39 is 0 Å². The Morgan fingerprint density at radius 2 is 2.35 bits per heavy atom. The number of nitrogens with zero attached hydrogens (tertiary/aromatic N) is 1. The van der Waals surface area contributed by atoms with Crippen LogP contribution in [0.3, 0.4) is 0 Å². The van der Waals surface area contributed by atoms with Crippen LogP contribution in [0.1, 0.15) is 15.9 Å². The molecule has 88 valence electrons. The van der Waals surface area contributed by atoms with Gasteiger partial charge in [-0.3, -0.25) is 9.89 Å². The van der Waals surface area contributed by atoms with Crippen LogP contribution < -0.4 is 5.32 Å². The van der Waals surface area contributed by atoms with Gasteiger partial charge in [-0.2, -0.15) is 16.9 Å². The van der Waals surface area contributed by atoms with E-state index in [-0.39, 0.29) is 5.91 Å². The summed E-state index contributed by atoms with van der Waals surface area (Å²) >= 11 is 1.73. The maximum absolute atomic E-state index is 11.9. The van der Waals surface area contributed by atoms with Crippen LogP contribution in [0.5, 0.6) is 0 Å². The van der Waals surface area contributed by atoms with Gasteiger partial charge in [-0.1, -0.05) is 12.1 Å². The number of aromatic nitrogens is 2. The van der Waals surface area contributed by atoms with Crippen LogP contribution in [0.4, 0.5) is 5.82 Å². The number of nitrogens with one attached hydrogen (secondary N) is 2. The fourth-order valence-electron chi connectivity index (χ4n) is 1.49. The van der Waals surface area contributed by atoms with Crippen LogP contribution in [0.15, 0.2) is 36.5 Å². The third kappa shape index (κ3) is 3.10. The van der Waals surface area contributed by atoms with Gasteiger partial charge in [0, 0.05) is 17.4 Å². The van der Waals surface area contributed by atoms with Gasteiger partial charge in [0.2, 0.25) is 0 Å². The molecule has 0 aliphatic carbocycles. The van der Waals surface area contributed by atoms with Gasteiger partial charge in [0.1, 0.15) is 5.82 Å². The minimum Gasteiger partial charge on any atom is -0.307 e. The van der Waals surface area contributed by atoms with Crippen molar-refractivity contribution >= 4 is 23.5 Å². The number of amides is 1. The SMILES string of the molecule is CSCc1cccc(C(=O)Nc2ccn[nH]2)c1. The summed E-state index contributed by atoms with van der Waals surface area (Å²) in [7, 11) is 0. The molecule has 2 rings (SSSR count). The van der Waals surface area contributed by atoms with Crippen molar-refractivity contribution in [1.29, 1.82) is 0 Å². The van der Waals surface area contributed by atoms with Crippen LogP contribution in [-0.2, 0) is 5.75 Å². The summed E-state index contributed by atoms with van der Waals surface area (Å²) in [5.41, 5.74) is 1.81. The Kier molecular flexibility index (Phi) is 3.82. The summed E-state index contributed by atoms with van der Waals surface area (Å²) in [6.45, 7) is 0. The second-order valence-corrected chi connectivity index (χ2v) is 4.42. The maximum Gasteiger partial charge on any atom is 0.256 e. The monoisotopic (exact) mass is 247 g/mol. The van der Waals surface area contributed by atoms with Crippen molar-refractivity contribution in [1.82, 2.24) is 10.2 Å². The quantitative estimate of drug-likeness (QED) is 0.872. The van der Waals surface area contributed by atoms with Gasteiger partial charge in [0.05, 0.1) is 6.20 Å². The number of hydrogen-bond acceptors (Lipinski definition) is 3. The Labute approximate surface area is 104 Å². The lowest BCUT2D eigenvalue weighted by Gasteiger charge is -2.04. The number of H-pyrrole nitrogens is 1. The molecule has 0 aliphatic rings. The van der Waals surface area contributed by atoms with E-state index in [1.54, 1.807) is 30.1 Å². The highest BCUT2D eigenvalue weighted by atomic mass is 32.2. The van der Waals surface area contributed by atoms with Crippen LogP contribution in [0.25, 0.3) is 0 Å². The number of hydrogen-bond donors (Lipinski definition) is 2. The molecule has 0 radical (unpaired) electrons. The second kappa shape index (κ2) is 5.54. The predicted octanol–water partition coefficient (Wildman–Crippen LogP) is 2.53. The lowest BCUT2D eigenvalue weighted by molar-refractivity contribution is 0.102. The van der Waals surface area contributed by atoms with E-state index in [1.165, 1.54) is 0 Å². The Bertz CT molecular complexity index is 496. The van der Waals surface area contributed by atoms with Gasteiger partial charge in [-0.25, -0.2) is 0 Å². The molecule has 0 aliphatic heterocycles. The lowest BCUT2D eigenvalue weighted by Crippen LogP contribution is -2.12. The van der Waals surface area contributed by atoms with Crippen molar-refractivity contribution in [2.45, 2.75) is 5.75 Å². The smallest absolute Gasteiger partial charge is 0.256 e. The van der Waals surface area contributed by atoms with E-state index in [0.717, 1.165) is 11.3 Å². The van der Waals surface area contributed by atoms with E-state index in [2.05, 4.69) is 15.5 Å². The summed E-state index contributed by atoms with van der Waals surface area (Å²) in [5, 5.41) is 9.21. The third-order valence-electron chi connectivity index (χ3n) is 2.25. The number of carbonyl (C=O) groups is 1. The summed E-state index contributed by atoms with van der Waals surface area (Å²) in [6, 6.07) is 9.33. The molecule has 5 heteroatoms. The average Bonchev–Trinajstić information content (AvgIpc) is 2.83. The van der Waals surface area contributed by atoms with Crippen molar-refractivity contribution in [3.8, 4) is 0 Å². The number of thioether (sulfide) groups is 1. The first kappa shape index (κ1) is 11.7. The molecule has 0 saturated heterocycles. The molecule has 0 saturated carbocycles. The molecule has 2 N–H and O–H groups in total. The Balaban J connectivity index is 2.11. The molecule has 17 heavy (non-hydrogen) atoms. The van der Waals surface area contributed by atoms with Crippen molar-refractivity contribution < 1.29 is 4.79 Å². The zero-order valence-electron chi connectivity index (χ0n) is 9.43. The normalized spacial score (nSPS) is 10.2. The highest BCUT2D eigenvalue weighted by Crippen LogP contribution is 2.12. The maximum atomic E-state index is 11.9. The predicted molar refractivity (Wildman–Crippen MR) is 70.2 cm³/mol. The molecular weight excluding hydrogens is 234 g/mol. The van der Waals surface area contributed by atoms with E-state index in [9.17, 15) is 4.79 Å².